The summed E-state index contributed by atoms with van der Waals surface area (Å²) in [5.41, 5.74) is 4.86. The van der Waals surface area contributed by atoms with E-state index >= 15 is 0 Å². The number of primary amides is 1. The van der Waals surface area contributed by atoms with Crippen molar-refractivity contribution in [2.24, 2.45) is 5.73 Å². The van der Waals surface area contributed by atoms with Gasteiger partial charge in [0.1, 0.15) is 0 Å². The van der Waals surface area contributed by atoms with Gasteiger partial charge in [0.2, 0.25) is 5.91 Å². The van der Waals surface area contributed by atoms with Crippen LogP contribution < -0.4 is 11.1 Å². The molecule has 1 saturated heterocycles. The highest BCUT2D eigenvalue weighted by Crippen LogP contribution is 2.34. The van der Waals surface area contributed by atoms with E-state index in [1.165, 1.54) is 0 Å². The van der Waals surface area contributed by atoms with Crippen LogP contribution in [0.2, 0.25) is 0 Å². The molecule has 0 bridgehead atoms. The van der Waals surface area contributed by atoms with Crippen LogP contribution in [0.5, 0.6) is 0 Å². The van der Waals surface area contributed by atoms with E-state index in [1.807, 2.05) is 7.05 Å². The fourth-order valence-electron chi connectivity index (χ4n) is 3.34. The summed E-state index contributed by atoms with van der Waals surface area (Å²) >= 11 is 0. The standard InChI is InChI=1S/C12H23N3O3S/c1-14-12(11(13)16)5-3-9(7-12)15(2)10-4-6-19(17,18)8-10/h9-10,14H,3-8H2,1-2H3,(H2,13,16). The van der Waals surface area contributed by atoms with Gasteiger partial charge in [-0.2, -0.15) is 0 Å². The van der Waals surface area contributed by atoms with Gasteiger partial charge in [0.25, 0.3) is 0 Å². The highest BCUT2D eigenvalue weighted by Gasteiger charge is 2.45. The maximum atomic E-state index is 11.6. The van der Waals surface area contributed by atoms with Crippen molar-refractivity contribution in [2.75, 3.05) is 25.6 Å². The molecule has 6 nitrogen and oxygen atoms in total. The zero-order valence-electron chi connectivity index (χ0n) is 11.6. The maximum absolute atomic E-state index is 11.6. The monoisotopic (exact) mass is 289 g/mol. The van der Waals surface area contributed by atoms with Crippen LogP contribution in [0.1, 0.15) is 25.7 Å². The average molecular weight is 289 g/mol. The third kappa shape index (κ3) is 2.78. The molecule has 0 aromatic rings. The molecule has 3 unspecified atom stereocenters. The van der Waals surface area contributed by atoms with Crippen molar-refractivity contribution in [1.29, 1.82) is 0 Å². The summed E-state index contributed by atoms with van der Waals surface area (Å²) in [4.78, 5) is 13.7. The molecule has 0 aromatic carbocycles. The number of carbonyl (C=O) groups excluding carboxylic acids is 1. The Labute approximate surface area is 114 Å². The number of sulfone groups is 1. The van der Waals surface area contributed by atoms with E-state index in [0.717, 1.165) is 6.42 Å². The molecular formula is C12H23N3O3S. The zero-order chi connectivity index (χ0) is 14.3. The molecule has 1 saturated carbocycles. The van der Waals surface area contributed by atoms with Gasteiger partial charge >= 0.3 is 0 Å². The van der Waals surface area contributed by atoms with Crippen molar-refractivity contribution >= 4 is 15.7 Å². The van der Waals surface area contributed by atoms with Crippen molar-refractivity contribution < 1.29 is 13.2 Å². The van der Waals surface area contributed by atoms with E-state index in [4.69, 9.17) is 5.73 Å². The third-order valence-corrected chi connectivity index (χ3v) is 6.55. The molecule has 1 aliphatic carbocycles. The number of nitrogens with two attached hydrogens (primary N) is 1. The minimum Gasteiger partial charge on any atom is -0.368 e. The van der Waals surface area contributed by atoms with Crippen LogP contribution in [0.4, 0.5) is 0 Å². The molecule has 3 atom stereocenters. The molecule has 0 spiro atoms. The van der Waals surface area contributed by atoms with Gasteiger partial charge in [0.15, 0.2) is 9.84 Å². The molecule has 110 valence electrons. The molecule has 3 N–H and O–H groups in total. The number of hydrogen-bond donors (Lipinski definition) is 2. The maximum Gasteiger partial charge on any atom is 0.237 e. The molecule has 1 aliphatic heterocycles. The number of nitrogens with one attached hydrogen (secondary N) is 1. The highest BCUT2D eigenvalue weighted by atomic mass is 32.2. The molecule has 0 radical (unpaired) electrons. The largest absolute Gasteiger partial charge is 0.368 e. The van der Waals surface area contributed by atoms with Crippen LogP contribution in [-0.4, -0.2) is 62.4 Å². The first kappa shape index (κ1) is 14.7. The summed E-state index contributed by atoms with van der Waals surface area (Å²) in [6, 6.07) is 0.300. The predicted octanol–water partition coefficient (Wildman–Crippen LogP) is -0.899. The van der Waals surface area contributed by atoms with Crippen molar-refractivity contribution in [1.82, 2.24) is 10.2 Å². The van der Waals surface area contributed by atoms with E-state index in [0.29, 0.717) is 19.3 Å². The molecule has 1 heterocycles. The minimum absolute atomic E-state index is 0.0792. The Morgan fingerprint density at radius 3 is 2.47 bits per heavy atom. The predicted molar refractivity (Wildman–Crippen MR) is 73.4 cm³/mol. The lowest BCUT2D eigenvalue weighted by Crippen LogP contribution is -2.53. The average Bonchev–Trinajstić information content (AvgIpc) is 2.92. The van der Waals surface area contributed by atoms with E-state index in [-0.39, 0.29) is 29.5 Å². The van der Waals surface area contributed by atoms with Gasteiger partial charge in [-0.3, -0.25) is 9.69 Å². The first-order valence-electron chi connectivity index (χ1n) is 6.71. The van der Waals surface area contributed by atoms with Gasteiger partial charge in [-0.25, -0.2) is 8.42 Å². The summed E-state index contributed by atoms with van der Waals surface area (Å²) in [7, 11) is 0.849. The summed E-state index contributed by atoms with van der Waals surface area (Å²) in [6.45, 7) is 0. The number of carbonyl (C=O) groups is 1. The number of hydrogen-bond acceptors (Lipinski definition) is 5. The van der Waals surface area contributed by atoms with Gasteiger partial charge in [0, 0.05) is 12.1 Å². The first-order valence-corrected chi connectivity index (χ1v) is 8.53. The van der Waals surface area contributed by atoms with Crippen LogP contribution >= 0.6 is 0 Å². The fourth-order valence-corrected chi connectivity index (χ4v) is 5.12. The lowest BCUT2D eigenvalue weighted by atomic mass is 9.96. The van der Waals surface area contributed by atoms with Gasteiger partial charge in [-0.15, -0.1) is 0 Å². The molecule has 19 heavy (non-hydrogen) atoms. The first-order chi connectivity index (χ1) is 8.80. The summed E-state index contributed by atoms with van der Waals surface area (Å²) in [5.74, 6) is 0.204. The number of likely N-dealkylation sites (N-methyl/N-ethyl adjacent to an activating group) is 1. The highest BCUT2D eigenvalue weighted by molar-refractivity contribution is 7.91. The van der Waals surface area contributed by atoms with Crippen LogP contribution in [0.25, 0.3) is 0 Å². The van der Waals surface area contributed by atoms with Gasteiger partial charge in [0.05, 0.1) is 17.0 Å². The molecule has 7 heteroatoms. The normalized spacial score (nSPS) is 37.8. The second-order valence-corrected chi connectivity index (χ2v) is 8.04. The van der Waals surface area contributed by atoms with E-state index in [1.54, 1.807) is 7.05 Å². The molecule has 2 aliphatic rings. The van der Waals surface area contributed by atoms with Crippen LogP contribution in [0.15, 0.2) is 0 Å². The van der Waals surface area contributed by atoms with Crippen molar-refractivity contribution in [3.63, 3.8) is 0 Å². The SMILES string of the molecule is CNC1(C(N)=O)CCC(N(C)C2CCS(=O)(=O)C2)C1. The van der Waals surface area contributed by atoms with E-state index in [2.05, 4.69) is 10.2 Å². The second-order valence-electron chi connectivity index (χ2n) is 5.82. The number of rotatable bonds is 4. The topological polar surface area (TPSA) is 92.5 Å². The zero-order valence-corrected chi connectivity index (χ0v) is 12.4. The Hall–Kier alpha value is -0.660. The van der Waals surface area contributed by atoms with Crippen LogP contribution in [-0.2, 0) is 14.6 Å². The molecular weight excluding hydrogens is 266 g/mol. The van der Waals surface area contributed by atoms with E-state index < -0.39 is 15.4 Å². The minimum atomic E-state index is -2.87. The lowest BCUT2D eigenvalue weighted by molar-refractivity contribution is -0.124. The van der Waals surface area contributed by atoms with Crippen LogP contribution in [0.3, 0.4) is 0 Å². The lowest BCUT2D eigenvalue weighted by Gasteiger charge is -2.31. The van der Waals surface area contributed by atoms with Crippen molar-refractivity contribution in [3.8, 4) is 0 Å². The Bertz CT molecular complexity index is 465. The molecule has 2 rings (SSSR count). The summed E-state index contributed by atoms with van der Waals surface area (Å²) < 4.78 is 23.1. The van der Waals surface area contributed by atoms with E-state index in [9.17, 15) is 13.2 Å². The summed E-state index contributed by atoms with van der Waals surface area (Å²) in [5, 5.41) is 3.05. The Morgan fingerprint density at radius 1 is 1.37 bits per heavy atom. The van der Waals surface area contributed by atoms with Crippen molar-refractivity contribution in [3.05, 3.63) is 0 Å². The number of nitrogens with zero attached hydrogens (tertiary/aromatic N) is 1. The second kappa shape index (κ2) is 5.03. The van der Waals surface area contributed by atoms with Gasteiger partial charge in [-0.05, 0) is 39.8 Å². The van der Waals surface area contributed by atoms with Crippen molar-refractivity contribution in [2.45, 2.75) is 43.3 Å². The third-order valence-electron chi connectivity index (χ3n) is 4.80. The summed E-state index contributed by atoms with van der Waals surface area (Å²) in [6.07, 6.45) is 2.94. The molecule has 0 aromatic heterocycles. The Morgan fingerprint density at radius 2 is 2.05 bits per heavy atom. The van der Waals surface area contributed by atoms with Gasteiger partial charge < -0.3 is 11.1 Å². The quantitative estimate of drug-likeness (QED) is 0.700. The molecule has 2 fully saturated rings. The fraction of sp³-hybridized carbons (Fsp3) is 0.917. The van der Waals surface area contributed by atoms with Crippen LogP contribution in [0, 0.1) is 0 Å². The smallest absolute Gasteiger partial charge is 0.237 e. The Balaban J connectivity index is 2.03. The van der Waals surface area contributed by atoms with Gasteiger partial charge in [-0.1, -0.05) is 0 Å². The number of amides is 1. The molecule has 1 amide bonds. The Kier molecular flexibility index (Phi) is 3.90.